The van der Waals surface area contributed by atoms with Gasteiger partial charge in [0.25, 0.3) is 5.91 Å². The van der Waals surface area contributed by atoms with Crippen molar-refractivity contribution in [1.82, 2.24) is 0 Å². The first-order chi connectivity index (χ1) is 10.1. The highest BCUT2D eigenvalue weighted by Gasteiger charge is 2.10. The lowest BCUT2D eigenvalue weighted by atomic mass is 10.1. The zero-order valence-corrected chi connectivity index (χ0v) is 13.6. The second kappa shape index (κ2) is 7.04. The van der Waals surface area contributed by atoms with E-state index < -0.39 is 5.91 Å². The zero-order valence-electron chi connectivity index (χ0n) is 11.4. The lowest BCUT2D eigenvalue weighted by Gasteiger charge is -2.06. The van der Waals surface area contributed by atoms with Gasteiger partial charge >= 0.3 is 0 Å². The third-order valence-corrected chi connectivity index (χ3v) is 3.82. The van der Waals surface area contributed by atoms with E-state index in [0.717, 1.165) is 14.7 Å². The number of aryl methyl sites for hydroxylation is 1. The van der Waals surface area contributed by atoms with Crippen LogP contribution < -0.4 is 5.32 Å². The summed E-state index contributed by atoms with van der Waals surface area (Å²) in [5.41, 5.74) is 2.75. The Hall–Kier alpha value is -2.13. The fourth-order valence-electron chi connectivity index (χ4n) is 1.73. The van der Waals surface area contributed by atoms with Crippen LogP contribution in [0.25, 0.3) is 6.08 Å². The summed E-state index contributed by atoms with van der Waals surface area (Å²) in [7, 11) is 0. The predicted octanol–water partition coefficient (Wildman–Crippen LogP) is 4.15. The van der Waals surface area contributed by atoms with Crippen LogP contribution in [0.3, 0.4) is 0 Å². The molecule has 0 aliphatic carbocycles. The number of nitrogens with zero attached hydrogens (tertiary/aromatic N) is 1. The molecular formula is C17H13IN2O. The summed E-state index contributed by atoms with van der Waals surface area (Å²) < 4.78 is 0.927. The van der Waals surface area contributed by atoms with Crippen molar-refractivity contribution in [2.24, 2.45) is 0 Å². The van der Waals surface area contributed by atoms with Gasteiger partial charge in [-0.1, -0.05) is 42.0 Å². The maximum atomic E-state index is 12.2. The second-order valence-corrected chi connectivity index (χ2v) is 5.68. The van der Waals surface area contributed by atoms with Gasteiger partial charge in [-0.3, -0.25) is 4.79 Å². The number of hydrogen-bond acceptors (Lipinski definition) is 2. The molecule has 0 aliphatic heterocycles. The van der Waals surface area contributed by atoms with E-state index in [2.05, 4.69) is 27.9 Å². The van der Waals surface area contributed by atoms with Gasteiger partial charge in [-0.15, -0.1) is 0 Å². The van der Waals surface area contributed by atoms with Crippen molar-refractivity contribution in [1.29, 1.82) is 5.26 Å². The molecule has 1 N–H and O–H groups in total. The molecule has 0 unspecified atom stereocenters. The lowest BCUT2D eigenvalue weighted by molar-refractivity contribution is -0.112. The number of rotatable bonds is 3. The summed E-state index contributed by atoms with van der Waals surface area (Å²) in [6, 6.07) is 17.0. The first-order valence-corrected chi connectivity index (χ1v) is 7.42. The van der Waals surface area contributed by atoms with Crippen molar-refractivity contribution in [2.75, 3.05) is 5.32 Å². The number of benzene rings is 2. The molecule has 0 fully saturated rings. The normalized spacial score (nSPS) is 10.8. The predicted molar refractivity (Wildman–Crippen MR) is 92.6 cm³/mol. The molecule has 0 saturated heterocycles. The van der Waals surface area contributed by atoms with Crippen molar-refractivity contribution in [2.45, 2.75) is 6.92 Å². The number of anilines is 1. The van der Waals surface area contributed by atoms with Crippen molar-refractivity contribution in [3.63, 3.8) is 0 Å². The van der Waals surface area contributed by atoms with E-state index >= 15 is 0 Å². The highest BCUT2D eigenvalue weighted by atomic mass is 127. The maximum Gasteiger partial charge on any atom is 0.266 e. The molecule has 0 aliphatic rings. The summed E-state index contributed by atoms with van der Waals surface area (Å²) in [5, 5.41) is 11.9. The van der Waals surface area contributed by atoms with Gasteiger partial charge in [-0.05, 0) is 53.3 Å². The molecule has 0 heterocycles. The van der Waals surface area contributed by atoms with Crippen molar-refractivity contribution < 1.29 is 4.79 Å². The van der Waals surface area contributed by atoms with Crippen LogP contribution in [0, 0.1) is 21.8 Å². The van der Waals surface area contributed by atoms with Crippen LogP contribution >= 0.6 is 22.6 Å². The molecule has 0 aromatic heterocycles. The van der Waals surface area contributed by atoms with E-state index in [1.165, 1.54) is 0 Å². The zero-order chi connectivity index (χ0) is 15.2. The molecule has 0 bridgehead atoms. The molecule has 0 saturated carbocycles. The number of hydrogen-bond donors (Lipinski definition) is 1. The molecule has 21 heavy (non-hydrogen) atoms. The highest BCUT2D eigenvalue weighted by molar-refractivity contribution is 14.1. The number of amides is 1. The van der Waals surface area contributed by atoms with Gasteiger partial charge in [-0.25, -0.2) is 0 Å². The molecule has 4 heteroatoms. The van der Waals surface area contributed by atoms with Crippen LogP contribution in [0.1, 0.15) is 11.1 Å². The van der Waals surface area contributed by atoms with Gasteiger partial charge < -0.3 is 5.32 Å². The summed E-state index contributed by atoms with van der Waals surface area (Å²) in [6.07, 6.45) is 1.59. The van der Waals surface area contributed by atoms with Crippen molar-refractivity contribution in [3.05, 3.63) is 68.8 Å². The van der Waals surface area contributed by atoms with Gasteiger partial charge in [0.2, 0.25) is 0 Å². The number of para-hydroxylation sites is 1. The molecule has 0 atom stereocenters. The summed E-state index contributed by atoms with van der Waals surface area (Å²) in [6.45, 7) is 1.99. The van der Waals surface area contributed by atoms with Gasteiger partial charge in [0.05, 0.1) is 5.69 Å². The minimum atomic E-state index is -0.401. The van der Waals surface area contributed by atoms with Gasteiger partial charge in [0.15, 0.2) is 0 Å². The Kier molecular flexibility index (Phi) is 5.12. The minimum absolute atomic E-state index is 0.0820. The molecule has 2 rings (SSSR count). The Morgan fingerprint density at radius 3 is 2.48 bits per heavy atom. The average molecular weight is 388 g/mol. The monoisotopic (exact) mass is 388 g/mol. The largest absolute Gasteiger partial charge is 0.320 e. The van der Waals surface area contributed by atoms with Crippen LogP contribution in [0.2, 0.25) is 0 Å². The highest BCUT2D eigenvalue weighted by Crippen LogP contribution is 2.18. The van der Waals surface area contributed by atoms with Crippen LogP contribution in [-0.4, -0.2) is 5.91 Å². The quantitative estimate of drug-likeness (QED) is 0.488. The second-order valence-electron chi connectivity index (χ2n) is 4.51. The SMILES string of the molecule is Cc1ccc(/C=C(/C#N)C(=O)Nc2ccccc2I)cc1. The van der Waals surface area contributed by atoms with Gasteiger partial charge in [-0.2, -0.15) is 5.26 Å². The van der Waals surface area contributed by atoms with Gasteiger partial charge in [0, 0.05) is 3.57 Å². The van der Waals surface area contributed by atoms with Crippen LogP contribution in [0.4, 0.5) is 5.69 Å². The first-order valence-electron chi connectivity index (χ1n) is 6.34. The first kappa shape index (κ1) is 15.3. The minimum Gasteiger partial charge on any atom is -0.320 e. The van der Waals surface area contributed by atoms with E-state index in [4.69, 9.17) is 0 Å². The molecule has 2 aromatic rings. The Bertz CT molecular complexity index is 727. The topological polar surface area (TPSA) is 52.9 Å². The van der Waals surface area contributed by atoms with Crippen molar-refractivity contribution >= 4 is 40.3 Å². The van der Waals surface area contributed by atoms with E-state index in [-0.39, 0.29) is 5.57 Å². The lowest BCUT2D eigenvalue weighted by Crippen LogP contribution is -2.14. The fourth-order valence-corrected chi connectivity index (χ4v) is 2.25. The fraction of sp³-hybridized carbons (Fsp3) is 0.0588. The summed E-state index contributed by atoms with van der Waals surface area (Å²) >= 11 is 2.14. The molecule has 0 spiro atoms. The summed E-state index contributed by atoms with van der Waals surface area (Å²) in [4.78, 5) is 12.2. The Morgan fingerprint density at radius 1 is 1.19 bits per heavy atom. The van der Waals surface area contributed by atoms with Gasteiger partial charge in [0.1, 0.15) is 11.6 Å². The Morgan fingerprint density at radius 2 is 1.86 bits per heavy atom. The standard InChI is InChI=1S/C17H13IN2O/c1-12-6-8-13(9-7-12)10-14(11-19)17(21)20-16-5-3-2-4-15(16)18/h2-10H,1H3,(H,20,21)/b14-10-. The van der Waals surface area contributed by atoms with Crippen LogP contribution in [-0.2, 0) is 4.79 Å². The summed E-state index contributed by atoms with van der Waals surface area (Å²) in [5.74, 6) is -0.401. The Balaban J connectivity index is 2.21. The van der Waals surface area contributed by atoms with E-state index in [0.29, 0.717) is 5.69 Å². The number of carbonyl (C=O) groups excluding carboxylic acids is 1. The molecule has 2 aromatic carbocycles. The smallest absolute Gasteiger partial charge is 0.266 e. The van der Waals surface area contributed by atoms with E-state index in [1.54, 1.807) is 12.1 Å². The van der Waals surface area contributed by atoms with Crippen LogP contribution in [0.15, 0.2) is 54.1 Å². The number of nitrogens with one attached hydrogen (secondary N) is 1. The molecule has 1 amide bonds. The van der Waals surface area contributed by atoms with E-state index in [1.807, 2.05) is 55.5 Å². The number of carbonyl (C=O) groups is 1. The number of nitriles is 1. The average Bonchev–Trinajstić information content (AvgIpc) is 2.49. The van der Waals surface area contributed by atoms with E-state index in [9.17, 15) is 10.1 Å². The maximum absolute atomic E-state index is 12.2. The van der Waals surface area contributed by atoms with Crippen molar-refractivity contribution in [3.8, 4) is 6.07 Å². The Labute approximate surface area is 137 Å². The molecule has 104 valence electrons. The third kappa shape index (κ3) is 4.17. The molecule has 3 nitrogen and oxygen atoms in total. The molecule has 0 radical (unpaired) electrons. The van der Waals surface area contributed by atoms with Crippen LogP contribution in [0.5, 0.6) is 0 Å². The number of halogens is 1. The molecular weight excluding hydrogens is 375 g/mol. The third-order valence-electron chi connectivity index (χ3n) is 2.88.